The van der Waals surface area contributed by atoms with Gasteiger partial charge < -0.3 is 10.1 Å². The lowest BCUT2D eigenvalue weighted by molar-refractivity contribution is -0.122. The Kier molecular flexibility index (Phi) is 4.80. The molecule has 0 aliphatic rings. The summed E-state index contributed by atoms with van der Waals surface area (Å²) in [6.45, 7) is 3.95. The first kappa shape index (κ1) is 16.1. The van der Waals surface area contributed by atoms with E-state index in [4.69, 9.17) is 4.74 Å². The van der Waals surface area contributed by atoms with Gasteiger partial charge in [0.25, 0.3) is 5.91 Å². The van der Waals surface area contributed by atoms with Gasteiger partial charge in [0, 0.05) is 11.1 Å². The van der Waals surface area contributed by atoms with E-state index in [2.05, 4.69) is 5.32 Å². The Bertz CT molecular complexity index is 852. The highest BCUT2D eigenvalue weighted by Crippen LogP contribution is 2.24. The van der Waals surface area contributed by atoms with Crippen LogP contribution in [0.25, 0.3) is 10.8 Å². The van der Waals surface area contributed by atoms with Crippen LogP contribution in [0.3, 0.4) is 0 Å². The molecule has 3 rings (SSSR count). The second-order valence-electron chi connectivity index (χ2n) is 5.85. The molecule has 0 fully saturated rings. The lowest BCUT2D eigenvalue weighted by Gasteiger charge is -2.18. The Morgan fingerprint density at radius 2 is 1.79 bits per heavy atom. The van der Waals surface area contributed by atoms with Crippen molar-refractivity contribution in [3.63, 3.8) is 0 Å². The predicted molar refractivity (Wildman–Crippen MR) is 98.5 cm³/mol. The summed E-state index contributed by atoms with van der Waals surface area (Å²) in [4.78, 5) is 12.6. The molecular formula is C21H21NO2. The van der Waals surface area contributed by atoms with Crippen molar-refractivity contribution in [2.45, 2.75) is 26.4 Å². The maximum Gasteiger partial charge on any atom is 0.265 e. The summed E-state index contributed by atoms with van der Waals surface area (Å²) in [6, 6.07) is 21.6. The van der Waals surface area contributed by atoms with Gasteiger partial charge in [-0.15, -0.1) is 0 Å². The van der Waals surface area contributed by atoms with Crippen molar-refractivity contribution < 1.29 is 9.53 Å². The quantitative estimate of drug-likeness (QED) is 0.723. The lowest BCUT2D eigenvalue weighted by atomic mass is 10.1. The number of hydrogen-bond donors (Lipinski definition) is 1. The largest absolute Gasteiger partial charge is 0.481 e. The maximum absolute atomic E-state index is 12.6. The van der Waals surface area contributed by atoms with Crippen LogP contribution in [0.5, 0.6) is 5.75 Å². The van der Waals surface area contributed by atoms with Crippen LogP contribution in [0.15, 0.2) is 66.7 Å². The van der Waals surface area contributed by atoms with E-state index < -0.39 is 6.10 Å². The maximum atomic E-state index is 12.6. The van der Waals surface area contributed by atoms with Crippen molar-refractivity contribution >= 4 is 22.4 Å². The number of fused-ring (bicyclic) bond motifs is 1. The second-order valence-corrected chi connectivity index (χ2v) is 5.85. The molecule has 0 aliphatic carbocycles. The third-order valence-electron chi connectivity index (χ3n) is 3.98. The van der Waals surface area contributed by atoms with Crippen molar-refractivity contribution in [3.05, 3.63) is 72.3 Å². The number of hydrogen-bond acceptors (Lipinski definition) is 2. The SMILES string of the molecule is CCC(Oc1cccc(C)c1)C(=O)Nc1cccc2ccccc12. The van der Waals surface area contributed by atoms with Crippen molar-refractivity contribution in [1.29, 1.82) is 0 Å². The molecule has 1 amide bonds. The predicted octanol–water partition coefficient (Wildman–Crippen LogP) is 4.94. The highest BCUT2D eigenvalue weighted by Gasteiger charge is 2.19. The molecule has 1 atom stereocenters. The van der Waals surface area contributed by atoms with Crippen LogP contribution in [-0.4, -0.2) is 12.0 Å². The van der Waals surface area contributed by atoms with Gasteiger partial charge in [-0.2, -0.15) is 0 Å². The molecule has 3 nitrogen and oxygen atoms in total. The third-order valence-corrected chi connectivity index (χ3v) is 3.98. The molecule has 0 heterocycles. The van der Waals surface area contributed by atoms with Crippen molar-refractivity contribution in [1.82, 2.24) is 0 Å². The second kappa shape index (κ2) is 7.18. The molecule has 24 heavy (non-hydrogen) atoms. The summed E-state index contributed by atoms with van der Waals surface area (Å²) in [7, 11) is 0. The van der Waals surface area contributed by atoms with Crippen molar-refractivity contribution in [3.8, 4) is 5.75 Å². The van der Waals surface area contributed by atoms with Gasteiger partial charge in [0.05, 0.1) is 0 Å². The third kappa shape index (κ3) is 3.57. The molecule has 122 valence electrons. The number of nitrogens with one attached hydrogen (secondary N) is 1. The van der Waals surface area contributed by atoms with E-state index in [1.165, 1.54) is 0 Å². The molecule has 0 spiro atoms. The molecule has 1 unspecified atom stereocenters. The number of benzene rings is 3. The number of aryl methyl sites for hydroxylation is 1. The zero-order valence-corrected chi connectivity index (χ0v) is 14.0. The minimum Gasteiger partial charge on any atom is -0.481 e. The minimum absolute atomic E-state index is 0.129. The number of amides is 1. The van der Waals surface area contributed by atoms with Gasteiger partial charge in [0.1, 0.15) is 5.75 Å². The smallest absolute Gasteiger partial charge is 0.265 e. The molecule has 3 heteroatoms. The molecule has 3 aromatic carbocycles. The van der Waals surface area contributed by atoms with Gasteiger partial charge in [0.2, 0.25) is 0 Å². The Morgan fingerprint density at radius 3 is 2.58 bits per heavy atom. The number of carbonyl (C=O) groups is 1. The van der Waals surface area contributed by atoms with E-state index in [1.807, 2.05) is 80.6 Å². The number of ether oxygens (including phenoxy) is 1. The Balaban J connectivity index is 1.79. The molecule has 0 bridgehead atoms. The fraction of sp³-hybridized carbons (Fsp3) is 0.190. The van der Waals surface area contributed by atoms with E-state index in [1.54, 1.807) is 0 Å². The van der Waals surface area contributed by atoms with E-state index in [0.717, 1.165) is 27.8 Å². The average Bonchev–Trinajstić information content (AvgIpc) is 2.60. The number of rotatable bonds is 5. The van der Waals surface area contributed by atoms with Crippen molar-refractivity contribution in [2.24, 2.45) is 0 Å². The van der Waals surface area contributed by atoms with Gasteiger partial charge >= 0.3 is 0 Å². The van der Waals surface area contributed by atoms with E-state index in [9.17, 15) is 4.79 Å². The molecule has 0 aliphatic heterocycles. The molecule has 3 aromatic rings. The van der Waals surface area contributed by atoms with Crippen molar-refractivity contribution in [2.75, 3.05) is 5.32 Å². The molecule has 1 N–H and O–H groups in total. The fourth-order valence-electron chi connectivity index (χ4n) is 2.72. The number of carbonyl (C=O) groups excluding carboxylic acids is 1. The first-order valence-electron chi connectivity index (χ1n) is 8.19. The Hall–Kier alpha value is -2.81. The summed E-state index contributed by atoms with van der Waals surface area (Å²) >= 11 is 0. The van der Waals surface area contributed by atoms with Gasteiger partial charge in [-0.25, -0.2) is 0 Å². The Morgan fingerprint density at radius 1 is 1.04 bits per heavy atom. The lowest BCUT2D eigenvalue weighted by Crippen LogP contribution is -2.32. The molecule has 0 saturated carbocycles. The Labute approximate surface area is 142 Å². The molecular weight excluding hydrogens is 298 g/mol. The summed E-state index contributed by atoms with van der Waals surface area (Å²) in [5.41, 5.74) is 1.92. The van der Waals surface area contributed by atoms with Gasteiger partial charge in [-0.05, 0) is 42.5 Å². The molecule has 0 radical (unpaired) electrons. The highest BCUT2D eigenvalue weighted by atomic mass is 16.5. The van der Waals surface area contributed by atoms with Crippen LogP contribution in [0.4, 0.5) is 5.69 Å². The normalized spacial score (nSPS) is 11.9. The van der Waals surface area contributed by atoms with Crippen LogP contribution in [0.1, 0.15) is 18.9 Å². The van der Waals surface area contributed by atoms with Crippen LogP contribution >= 0.6 is 0 Å². The fourth-order valence-corrected chi connectivity index (χ4v) is 2.72. The summed E-state index contributed by atoms with van der Waals surface area (Å²) in [5, 5.41) is 5.13. The number of anilines is 1. The van der Waals surface area contributed by atoms with Gasteiger partial charge in [-0.1, -0.05) is 55.5 Å². The zero-order valence-electron chi connectivity index (χ0n) is 14.0. The van der Waals surface area contributed by atoms with Crippen LogP contribution in [0.2, 0.25) is 0 Å². The van der Waals surface area contributed by atoms with Gasteiger partial charge in [-0.3, -0.25) is 4.79 Å². The van der Waals surface area contributed by atoms with Crippen LogP contribution < -0.4 is 10.1 Å². The minimum atomic E-state index is -0.522. The molecule has 0 aromatic heterocycles. The molecule has 0 saturated heterocycles. The summed E-state index contributed by atoms with van der Waals surface area (Å²) in [5.74, 6) is 0.588. The summed E-state index contributed by atoms with van der Waals surface area (Å²) < 4.78 is 5.88. The van der Waals surface area contributed by atoms with E-state index in [-0.39, 0.29) is 5.91 Å². The topological polar surface area (TPSA) is 38.3 Å². The zero-order chi connectivity index (χ0) is 16.9. The van der Waals surface area contributed by atoms with E-state index >= 15 is 0 Å². The van der Waals surface area contributed by atoms with E-state index in [0.29, 0.717) is 6.42 Å². The van der Waals surface area contributed by atoms with Crippen LogP contribution in [-0.2, 0) is 4.79 Å². The highest BCUT2D eigenvalue weighted by molar-refractivity contribution is 6.03. The monoisotopic (exact) mass is 319 g/mol. The van der Waals surface area contributed by atoms with Crippen LogP contribution in [0, 0.1) is 6.92 Å². The average molecular weight is 319 g/mol. The first-order chi connectivity index (χ1) is 11.7. The first-order valence-corrected chi connectivity index (χ1v) is 8.19. The van der Waals surface area contributed by atoms with Gasteiger partial charge in [0.15, 0.2) is 6.10 Å². The standard InChI is InChI=1S/C21H21NO2/c1-3-20(24-17-11-6-8-15(2)14-17)21(23)22-19-13-7-10-16-9-4-5-12-18(16)19/h4-14,20H,3H2,1-2H3,(H,22,23). The summed E-state index contributed by atoms with van der Waals surface area (Å²) in [6.07, 6.45) is 0.0793.